The maximum atomic E-state index is 11.5. The van der Waals surface area contributed by atoms with Crippen LogP contribution in [0.1, 0.15) is 11.1 Å². The van der Waals surface area contributed by atoms with Gasteiger partial charge in [0.1, 0.15) is 11.8 Å². The lowest BCUT2D eigenvalue weighted by Crippen LogP contribution is -2.42. The van der Waals surface area contributed by atoms with Crippen molar-refractivity contribution in [2.24, 2.45) is 0 Å². The van der Waals surface area contributed by atoms with Gasteiger partial charge in [0.15, 0.2) is 0 Å². The van der Waals surface area contributed by atoms with Crippen molar-refractivity contribution < 1.29 is 14.3 Å². The molecule has 2 rings (SSSR count). The number of hydrogen-bond acceptors (Lipinski definition) is 4. The first kappa shape index (κ1) is 12.6. The molecule has 0 fully saturated rings. The molecule has 0 amide bonds. The number of carbonyl (C=O) groups excluding carboxylic acids is 1. The molecule has 0 unspecified atom stereocenters. The highest BCUT2D eigenvalue weighted by Gasteiger charge is 2.26. The third-order valence-electron chi connectivity index (χ3n) is 2.96. The Kier molecular flexibility index (Phi) is 3.88. The van der Waals surface area contributed by atoms with E-state index >= 15 is 0 Å². The van der Waals surface area contributed by atoms with Crippen molar-refractivity contribution >= 4 is 28.6 Å². The van der Waals surface area contributed by atoms with Gasteiger partial charge in [-0.05, 0) is 46.2 Å². The molecule has 1 aliphatic heterocycles. The van der Waals surface area contributed by atoms with Crippen LogP contribution in [0, 0.1) is 3.57 Å². The molecule has 0 spiro atoms. The fourth-order valence-electron chi connectivity index (χ4n) is 2.01. The van der Waals surface area contributed by atoms with Gasteiger partial charge in [-0.15, -0.1) is 0 Å². The molecule has 0 saturated heterocycles. The number of fused-ring (bicyclic) bond motifs is 1. The molecule has 92 valence electrons. The predicted molar refractivity (Wildman–Crippen MR) is 72.1 cm³/mol. The number of ether oxygens (including phenoxy) is 2. The van der Waals surface area contributed by atoms with Crippen molar-refractivity contribution in [1.29, 1.82) is 0 Å². The topological polar surface area (TPSA) is 47.6 Å². The number of methoxy groups -OCH3 is 2. The number of esters is 1. The molecule has 1 aromatic rings. The smallest absolute Gasteiger partial charge is 0.323 e. The normalized spacial score (nSPS) is 18.4. The molecule has 0 aliphatic carbocycles. The third-order valence-corrected chi connectivity index (χ3v) is 4.14. The van der Waals surface area contributed by atoms with Gasteiger partial charge < -0.3 is 9.47 Å². The van der Waals surface area contributed by atoms with Gasteiger partial charge in [0, 0.05) is 6.54 Å². The van der Waals surface area contributed by atoms with Crippen LogP contribution in [-0.2, 0) is 22.5 Å². The first-order chi connectivity index (χ1) is 8.17. The SMILES string of the molecule is COC(=O)[C@@H]1Cc2ccc(OC)c(I)c2CN1. The molecular formula is C12H14INO3. The maximum Gasteiger partial charge on any atom is 0.323 e. The first-order valence-corrected chi connectivity index (χ1v) is 6.40. The summed E-state index contributed by atoms with van der Waals surface area (Å²) in [6.07, 6.45) is 0.669. The lowest BCUT2D eigenvalue weighted by Gasteiger charge is -2.25. The van der Waals surface area contributed by atoms with Crippen LogP contribution >= 0.6 is 22.6 Å². The predicted octanol–water partition coefficient (Wildman–Crippen LogP) is 1.49. The van der Waals surface area contributed by atoms with Crippen molar-refractivity contribution in [2.75, 3.05) is 14.2 Å². The Bertz CT molecular complexity index is 448. The lowest BCUT2D eigenvalue weighted by molar-refractivity contribution is -0.143. The Hall–Kier alpha value is -0.820. The Morgan fingerprint density at radius 2 is 2.24 bits per heavy atom. The number of carbonyl (C=O) groups is 1. The largest absolute Gasteiger partial charge is 0.496 e. The highest BCUT2D eigenvalue weighted by atomic mass is 127. The van der Waals surface area contributed by atoms with Crippen molar-refractivity contribution in [1.82, 2.24) is 5.32 Å². The zero-order valence-electron chi connectivity index (χ0n) is 9.75. The van der Waals surface area contributed by atoms with E-state index in [0.29, 0.717) is 13.0 Å². The maximum absolute atomic E-state index is 11.5. The molecule has 0 saturated carbocycles. The van der Waals surface area contributed by atoms with Crippen LogP contribution in [0.3, 0.4) is 0 Å². The second-order valence-corrected chi connectivity index (χ2v) is 4.96. The van der Waals surface area contributed by atoms with Gasteiger partial charge in [-0.1, -0.05) is 6.07 Å². The number of hydrogen-bond donors (Lipinski definition) is 1. The summed E-state index contributed by atoms with van der Waals surface area (Å²) in [5.74, 6) is 0.671. The molecule has 1 N–H and O–H groups in total. The zero-order chi connectivity index (χ0) is 12.4. The summed E-state index contributed by atoms with van der Waals surface area (Å²) in [5, 5.41) is 3.18. The van der Waals surface area contributed by atoms with Crippen molar-refractivity contribution in [3.63, 3.8) is 0 Å². The molecule has 1 aromatic carbocycles. The molecule has 1 atom stereocenters. The van der Waals surface area contributed by atoms with Crippen LogP contribution in [0.2, 0.25) is 0 Å². The number of rotatable bonds is 2. The second kappa shape index (κ2) is 5.22. The van der Waals surface area contributed by atoms with E-state index in [1.165, 1.54) is 18.2 Å². The van der Waals surface area contributed by atoms with Gasteiger partial charge in [-0.2, -0.15) is 0 Å². The standard InChI is InChI=1S/C12H14INO3/c1-16-10-4-3-7-5-9(12(15)17-2)14-6-8(7)11(10)13/h3-4,9,14H,5-6H2,1-2H3/t9-/m0/s1. The Labute approximate surface area is 114 Å². The van der Waals surface area contributed by atoms with E-state index in [-0.39, 0.29) is 12.0 Å². The summed E-state index contributed by atoms with van der Waals surface area (Å²) in [6.45, 7) is 0.671. The van der Waals surface area contributed by atoms with Crippen LogP contribution < -0.4 is 10.1 Å². The van der Waals surface area contributed by atoms with Crippen molar-refractivity contribution in [3.8, 4) is 5.75 Å². The van der Waals surface area contributed by atoms with Gasteiger partial charge in [0.2, 0.25) is 0 Å². The minimum absolute atomic E-state index is 0.207. The second-order valence-electron chi connectivity index (χ2n) is 3.88. The van der Waals surface area contributed by atoms with Crippen LogP contribution in [0.25, 0.3) is 0 Å². The minimum atomic E-state index is -0.239. The summed E-state index contributed by atoms with van der Waals surface area (Å²) in [7, 11) is 3.08. The van der Waals surface area contributed by atoms with E-state index in [9.17, 15) is 4.79 Å². The lowest BCUT2D eigenvalue weighted by atomic mass is 9.95. The van der Waals surface area contributed by atoms with E-state index in [4.69, 9.17) is 9.47 Å². The van der Waals surface area contributed by atoms with Crippen molar-refractivity contribution in [3.05, 3.63) is 26.8 Å². The molecule has 5 heteroatoms. The highest BCUT2D eigenvalue weighted by Crippen LogP contribution is 2.30. The van der Waals surface area contributed by atoms with Gasteiger partial charge in [0.25, 0.3) is 0 Å². The molecule has 1 heterocycles. The zero-order valence-corrected chi connectivity index (χ0v) is 11.9. The van der Waals surface area contributed by atoms with Crippen LogP contribution in [-0.4, -0.2) is 26.2 Å². The first-order valence-electron chi connectivity index (χ1n) is 5.32. The monoisotopic (exact) mass is 347 g/mol. The van der Waals surface area contributed by atoms with E-state index in [1.807, 2.05) is 12.1 Å². The molecule has 0 aromatic heterocycles. The molecule has 1 aliphatic rings. The molecule has 4 nitrogen and oxygen atoms in total. The fourth-order valence-corrected chi connectivity index (χ4v) is 2.94. The van der Waals surface area contributed by atoms with E-state index in [1.54, 1.807) is 7.11 Å². The highest BCUT2D eigenvalue weighted by molar-refractivity contribution is 14.1. The molecule has 0 radical (unpaired) electrons. The van der Waals surface area contributed by atoms with Gasteiger partial charge >= 0.3 is 5.97 Å². The van der Waals surface area contributed by atoms with E-state index in [2.05, 4.69) is 27.9 Å². The van der Waals surface area contributed by atoms with Gasteiger partial charge in [0.05, 0.1) is 17.8 Å². The number of benzene rings is 1. The summed E-state index contributed by atoms with van der Waals surface area (Å²) in [5.41, 5.74) is 2.40. The average molecular weight is 347 g/mol. The Morgan fingerprint density at radius 1 is 1.47 bits per heavy atom. The number of halogens is 1. The molecule has 0 bridgehead atoms. The Morgan fingerprint density at radius 3 is 2.88 bits per heavy atom. The number of nitrogens with one attached hydrogen (secondary N) is 1. The van der Waals surface area contributed by atoms with Gasteiger partial charge in [-0.25, -0.2) is 0 Å². The molecule has 17 heavy (non-hydrogen) atoms. The summed E-state index contributed by atoms with van der Waals surface area (Å²) >= 11 is 2.28. The summed E-state index contributed by atoms with van der Waals surface area (Å²) in [4.78, 5) is 11.5. The van der Waals surface area contributed by atoms with Gasteiger partial charge in [-0.3, -0.25) is 10.1 Å². The van der Waals surface area contributed by atoms with E-state index < -0.39 is 0 Å². The minimum Gasteiger partial charge on any atom is -0.496 e. The van der Waals surface area contributed by atoms with Crippen LogP contribution in [0.5, 0.6) is 5.75 Å². The summed E-state index contributed by atoms with van der Waals surface area (Å²) in [6, 6.07) is 3.73. The van der Waals surface area contributed by atoms with Crippen LogP contribution in [0.4, 0.5) is 0 Å². The van der Waals surface area contributed by atoms with E-state index in [0.717, 1.165) is 9.32 Å². The summed E-state index contributed by atoms with van der Waals surface area (Å²) < 4.78 is 11.1. The third kappa shape index (κ3) is 2.40. The molecular weight excluding hydrogens is 333 g/mol. The van der Waals surface area contributed by atoms with Crippen LogP contribution in [0.15, 0.2) is 12.1 Å². The van der Waals surface area contributed by atoms with Crippen molar-refractivity contribution in [2.45, 2.75) is 19.0 Å². The fraction of sp³-hybridized carbons (Fsp3) is 0.417. The quantitative estimate of drug-likeness (QED) is 0.651. The Balaban J connectivity index is 2.28. The average Bonchev–Trinajstić information content (AvgIpc) is 2.38.